The standard InChI is InChI=1S/C22H24N6O4S.C16H14N2O2.C6H10N4O2S/c1-28(2)16-12-20(26-24-13-16)33(30,31)27-22(29)25-21-17-6-4-5-14(17)7-8-18(21)15-9-10-23-19(11-15)32-3;1-19-15-9-12(7-8-18-15)14-6-5-11-3-2-4-13(11)16(14)20-10-17;1-10(2)5-3-6(9-8-4-5)13(7,11)12/h7-13H,4-6H2,1-3H3,(H2,25,27,29);5-9H,2-4H2,1H3;3-4H,1-2H3,(H2,7,11,12). The molecule has 8 rings (SSSR count). The second-order valence-electron chi connectivity index (χ2n) is 15.2. The molecular formula is C44H48N12O8S2. The van der Waals surface area contributed by atoms with Gasteiger partial charge in [-0.2, -0.15) is 18.6 Å². The molecule has 66 heavy (non-hydrogen) atoms. The zero-order valence-electron chi connectivity index (χ0n) is 37.0. The van der Waals surface area contributed by atoms with Crippen LogP contribution in [0.25, 0.3) is 22.3 Å². The number of nitrogens with zero attached hydrogens (tertiary/aromatic N) is 9. The molecule has 2 amide bonds. The van der Waals surface area contributed by atoms with Crippen LogP contribution < -0.4 is 39.2 Å². The summed E-state index contributed by atoms with van der Waals surface area (Å²) in [6.07, 6.45) is 13.8. The molecule has 0 bridgehead atoms. The molecule has 0 unspecified atom stereocenters. The van der Waals surface area contributed by atoms with Crippen molar-refractivity contribution in [3.63, 3.8) is 0 Å². The SMILES string of the molecule is CN(C)c1cnnc(S(N)(=O)=O)c1.COc1cc(-c2ccc3c(c2NC(=O)NS(=O)(=O)c2cc(N(C)C)cnn2)CCC3)ccn1.COc1cc(-c2ccc3c(c2OC#N)CCC3)ccn1. The van der Waals surface area contributed by atoms with E-state index in [1.165, 1.54) is 37.2 Å². The summed E-state index contributed by atoms with van der Waals surface area (Å²) in [7, 11) is 2.16. The Bertz CT molecular complexity index is 3000. The van der Waals surface area contributed by atoms with E-state index in [0.29, 0.717) is 34.6 Å². The largest absolute Gasteiger partial charge is 0.481 e. The maximum Gasteiger partial charge on any atom is 0.333 e. The minimum absolute atomic E-state index is 0.223. The Kier molecular flexibility index (Phi) is 15.3. The number of aryl methyl sites for hydroxylation is 2. The van der Waals surface area contributed by atoms with Crippen molar-refractivity contribution in [1.29, 1.82) is 5.26 Å². The Morgan fingerprint density at radius 3 is 1.77 bits per heavy atom. The zero-order chi connectivity index (χ0) is 47.6. The average Bonchev–Trinajstić information content (AvgIpc) is 4.00. The van der Waals surface area contributed by atoms with Gasteiger partial charge in [0.05, 0.1) is 43.7 Å². The summed E-state index contributed by atoms with van der Waals surface area (Å²) in [6, 6.07) is 17.2. The first-order valence-corrected chi connectivity index (χ1v) is 23.3. The molecule has 0 aliphatic heterocycles. The van der Waals surface area contributed by atoms with Crippen molar-refractivity contribution < 1.29 is 35.8 Å². The fraction of sp³-hybridized carbons (Fsp3) is 0.273. The van der Waals surface area contributed by atoms with Crippen molar-refractivity contribution in [2.24, 2.45) is 5.14 Å². The van der Waals surface area contributed by atoms with E-state index in [1.54, 1.807) is 75.9 Å². The van der Waals surface area contributed by atoms with E-state index in [-0.39, 0.29) is 10.1 Å². The van der Waals surface area contributed by atoms with Gasteiger partial charge in [0.1, 0.15) is 0 Å². The summed E-state index contributed by atoms with van der Waals surface area (Å²) >= 11 is 0. The number of aromatic nitrogens is 6. The lowest BCUT2D eigenvalue weighted by molar-refractivity contribution is 0.256. The second kappa shape index (κ2) is 21.0. The number of urea groups is 1. The maximum atomic E-state index is 12.8. The normalized spacial score (nSPS) is 12.4. The molecule has 2 aliphatic carbocycles. The number of amides is 2. The highest BCUT2D eigenvalue weighted by Gasteiger charge is 2.25. The van der Waals surface area contributed by atoms with Gasteiger partial charge < -0.3 is 29.3 Å². The van der Waals surface area contributed by atoms with Gasteiger partial charge in [0.2, 0.25) is 11.8 Å². The Hall–Kier alpha value is -7.48. The molecule has 20 nitrogen and oxygen atoms in total. The van der Waals surface area contributed by atoms with Crippen LogP contribution in [0, 0.1) is 11.5 Å². The lowest BCUT2D eigenvalue weighted by Crippen LogP contribution is -2.35. The lowest BCUT2D eigenvalue weighted by Gasteiger charge is -2.17. The van der Waals surface area contributed by atoms with Gasteiger partial charge in [-0.1, -0.05) is 24.3 Å². The van der Waals surface area contributed by atoms with Crippen LogP contribution in [0.4, 0.5) is 21.9 Å². The monoisotopic (exact) mass is 936 g/mol. The number of sulfonamides is 2. The summed E-state index contributed by atoms with van der Waals surface area (Å²) in [4.78, 5) is 24.5. The van der Waals surface area contributed by atoms with Gasteiger partial charge in [-0.25, -0.2) is 33.0 Å². The highest BCUT2D eigenvalue weighted by molar-refractivity contribution is 7.90. The van der Waals surface area contributed by atoms with Gasteiger partial charge in [0, 0.05) is 76.0 Å². The van der Waals surface area contributed by atoms with E-state index < -0.39 is 26.1 Å². The van der Waals surface area contributed by atoms with Crippen molar-refractivity contribution in [1.82, 2.24) is 35.1 Å². The number of hydrogen-bond donors (Lipinski definition) is 3. The van der Waals surface area contributed by atoms with E-state index in [2.05, 4.69) is 41.7 Å². The first-order valence-electron chi connectivity index (χ1n) is 20.3. The Morgan fingerprint density at radius 1 is 0.712 bits per heavy atom. The number of methoxy groups -OCH3 is 2. The number of nitrogens with two attached hydrogens (primary N) is 1. The Balaban J connectivity index is 0.000000184. The number of fused-ring (bicyclic) bond motifs is 2. The first kappa shape index (κ1) is 48.0. The molecule has 0 fully saturated rings. The third kappa shape index (κ3) is 11.6. The van der Waals surface area contributed by atoms with E-state index >= 15 is 0 Å². The highest BCUT2D eigenvalue weighted by atomic mass is 32.2. The number of nitrogens with one attached hydrogen (secondary N) is 2. The maximum absolute atomic E-state index is 12.8. The molecule has 0 saturated carbocycles. The molecule has 0 atom stereocenters. The van der Waals surface area contributed by atoms with Crippen molar-refractivity contribution in [2.75, 3.05) is 57.5 Å². The highest BCUT2D eigenvalue weighted by Crippen LogP contribution is 2.40. The summed E-state index contributed by atoms with van der Waals surface area (Å²) in [5.74, 6) is 1.66. The van der Waals surface area contributed by atoms with E-state index in [1.807, 2.05) is 35.1 Å². The molecule has 6 aromatic rings. The fourth-order valence-corrected chi connectivity index (χ4v) is 8.47. The number of carbonyl (C=O) groups excluding carboxylic acids is 1. The minimum atomic E-state index is -4.23. The predicted molar refractivity (Wildman–Crippen MR) is 246 cm³/mol. The van der Waals surface area contributed by atoms with Gasteiger partial charge in [-0.3, -0.25) is 0 Å². The number of pyridine rings is 2. The summed E-state index contributed by atoms with van der Waals surface area (Å²) < 4.78 is 64.9. The predicted octanol–water partition coefficient (Wildman–Crippen LogP) is 4.91. The first-order chi connectivity index (χ1) is 31.5. The topological polar surface area (TPSA) is 271 Å². The Morgan fingerprint density at radius 2 is 1.23 bits per heavy atom. The molecule has 2 aromatic carbocycles. The zero-order valence-corrected chi connectivity index (χ0v) is 38.6. The van der Waals surface area contributed by atoms with Crippen LogP contribution in [-0.4, -0.2) is 95.6 Å². The van der Waals surface area contributed by atoms with Gasteiger partial charge in [0.25, 0.3) is 26.3 Å². The van der Waals surface area contributed by atoms with E-state index in [9.17, 15) is 21.6 Å². The number of nitriles is 1. The number of anilines is 3. The molecule has 0 radical (unpaired) electrons. The van der Waals surface area contributed by atoms with Crippen LogP contribution in [0.15, 0.2) is 95.5 Å². The van der Waals surface area contributed by atoms with Crippen LogP contribution in [0.2, 0.25) is 0 Å². The number of carbonyl (C=O) groups is 1. The number of primary sulfonamides is 1. The van der Waals surface area contributed by atoms with Crippen LogP contribution in [0.3, 0.4) is 0 Å². The molecular weight excluding hydrogens is 889 g/mol. The molecule has 0 spiro atoms. The van der Waals surface area contributed by atoms with Crippen LogP contribution >= 0.6 is 0 Å². The van der Waals surface area contributed by atoms with E-state index in [0.717, 1.165) is 77.5 Å². The third-order valence-corrected chi connectivity index (χ3v) is 12.5. The summed E-state index contributed by atoms with van der Waals surface area (Å²) in [6.45, 7) is 0. The third-order valence-electron chi connectivity index (χ3n) is 10.5. The number of rotatable bonds is 11. The van der Waals surface area contributed by atoms with Gasteiger partial charge in [0.15, 0.2) is 15.8 Å². The molecule has 22 heteroatoms. The van der Waals surface area contributed by atoms with Crippen molar-refractivity contribution in [3.8, 4) is 46.0 Å². The summed E-state index contributed by atoms with van der Waals surface area (Å²) in [5.41, 5.74) is 9.69. The molecule has 4 N–H and O–H groups in total. The van der Waals surface area contributed by atoms with Crippen molar-refractivity contribution in [2.45, 2.75) is 48.6 Å². The molecule has 2 aliphatic rings. The number of benzene rings is 2. The molecule has 4 heterocycles. The van der Waals surface area contributed by atoms with Gasteiger partial charge >= 0.3 is 6.03 Å². The summed E-state index contributed by atoms with van der Waals surface area (Å²) in [5, 5.41) is 30.3. The molecule has 0 saturated heterocycles. The average molecular weight is 937 g/mol. The number of hydrogen-bond acceptors (Lipinski definition) is 17. The van der Waals surface area contributed by atoms with Gasteiger partial charge in [-0.05, 0) is 84.0 Å². The van der Waals surface area contributed by atoms with Gasteiger partial charge in [-0.15, -0.1) is 15.5 Å². The van der Waals surface area contributed by atoms with Crippen molar-refractivity contribution >= 4 is 43.1 Å². The smallest absolute Gasteiger partial charge is 0.333 e. The quantitative estimate of drug-likeness (QED) is 0.146. The van der Waals surface area contributed by atoms with Crippen molar-refractivity contribution in [3.05, 3.63) is 108 Å². The van der Waals surface area contributed by atoms with Crippen LogP contribution in [0.5, 0.6) is 17.5 Å². The minimum Gasteiger partial charge on any atom is -0.481 e. The van der Waals surface area contributed by atoms with E-state index in [4.69, 9.17) is 24.6 Å². The second-order valence-corrected chi connectivity index (χ2v) is 18.3. The fourth-order valence-electron chi connectivity index (χ4n) is 7.20. The van der Waals surface area contributed by atoms with Crippen LogP contribution in [-0.2, 0) is 45.7 Å². The van der Waals surface area contributed by atoms with Crippen LogP contribution in [0.1, 0.15) is 35.1 Å². The number of ether oxygens (including phenoxy) is 3. The lowest BCUT2D eigenvalue weighted by atomic mass is 9.98. The molecule has 4 aromatic heterocycles. The Labute approximate surface area is 382 Å². The molecule has 344 valence electrons.